The molecule has 0 spiro atoms. The number of carbonyl (C=O) groups excluding carboxylic acids is 4. The lowest BCUT2D eigenvalue weighted by atomic mass is 9.66. The summed E-state index contributed by atoms with van der Waals surface area (Å²) >= 11 is 0. The summed E-state index contributed by atoms with van der Waals surface area (Å²) in [5.41, 5.74) is 10.5. The first-order valence-corrected chi connectivity index (χ1v) is 18.2. The maximum atomic E-state index is 14.2. The Hall–Kier alpha value is -7.00. The first-order chi connectivity index (χ1) is 26.7. The Balaban J connectivity index is 1.15. The zero-order chi connectivity index (χ0) is 39.5. The van der Waals surface area contributed by atoms with E-state index in [2.05, 4.69) is 32.9 Å². The molecule has 3 aliphatic rings. The third kappa shape index (κ3) is 4.73. The highest BCUT2D eigenvalue weighted by Gasteiger charge is 2.48. The number of phenolic OH excluding ortho intramolecular Hbond substituents is 2. The van der Waals surface area contributed by atoms with E-state index in [0.29, 0.717) is 28.1 Å². The van der Waals surface area contributed by atoms with Crippen molar-refractivity contribution in [2.75, 3.05) is 11.9 Å². The van der Waals surface area contributed by atoms with Gasteiger partial charge in [-0.2, -0.15) is 0 Å². The largest absolute Gasteiger partial charge is 0.508 e. The third-order valence-corrected chi connectivity index (χ3v) is 11.8. The van der Waals surface area contributed by atoms with E-state index >= 15 is 0 Å². The van der Waals surface area contributed by atoms with Crippen LogP contribution >= 0.6 is 0 Å². The molecule has 0 bridgehead atoms. The molecule has 4 amide bonds. The van der Waals surface area contributed by atoms with Gasteiger partial charge in [0.05, 0.1) is 33.4 Å². The molecule has 2 aliphatic heterocycles. The standard InChI is InChI=1S/C47H36N2O7/c1-23-15-28(16-24(2)27(23)5)47(40-19-30(50)7-11-34(40)35-12-8-31(51)20-41(35)47)29-17-25(3)42(26(4)18-29)49-45(54)37-14-10-33(22-39(37)46(49)55)56-32-9-13-36-38(21-32)44(53)48(6)43(36)52/h7-22,50-51H,1-6H3. The van der Waals surface area contributed by atoms with Crippen molar-refractivity contribution in [1.29, 1.82) is 0 Å². The van der Waals surface area contributed by atoms with Crippen LogP contribution in [0, 0.1) is 34.6 Å². The van der Waals surface area contributed by atoms with Crippen LogP contribution in [-0.2, 0) is 5.41 Å². The van der Waals surface area contributed by atoms with Crippen LogP contribution in [0.15, 0.2) is 97.1 Å². The highest BCUT2D eigenvalue weighted by Crippen LogP contribution is 2.58. The maximum absolute atomic E-state index is 14.2. The molecule has 9 nitrogen and oxygen atoms in total. The molecule has 276 valence electrons. The van der Waals surface area contributed by atoms with Gasteiger partial charge in [-0.25, -0.2) is 4.90 Å². The highest BCUT2D eigenvalue weighted by atomic mass is 16.5. The van der Waals surface area contributed by atoms with Gasteiger partial charge in [-0.15, -0.1) is 0 Å². The van der Waals surface area contributed by atoms with Crippen molar-refractivity contribution < 1.29 is 34.1 Å². The van der Waals surface area contributed by atoms with E-state index in [9.17, 15) is 29.4 Å². The second-order valence-corrected chi connectivity index (χ2v) is 15.0. The number of hydrogen-bond donors (Lipinski definition) is 2. The average molecular weight is 741 g/mol. The van der Waals surface area contributed by atoms with Crippen LogP contribution in [0.3, 0.4) is 0 Å². The van der Waals surface area contributed by atoms with Crippen molar-refractivity contribution in [2.24, 2.45) is 0 Å². The van der Waals surface area contributed by atoms with Crippen LogP contribution in [0.2, 0.25) is 0 Å². The van der Waals surface area contributed by atoms with Gasteiger partial charge in [0.15, 0.2) is 0 Å². The highest BCUT2D eigenvalue weighted by molar-refractivity contribution is 6.35. The smallest absolute Gasteiger partial charge is 0.266 e. The number of rotatable bonds is 5. The molecular weight excluding hydrogens is 705 g/mol. The van der Waals surface area contributed by atoms with E-state index in [4.69, 9.17) is 4.74 Å². The first kappa shape index (κ1) is 34.7. The quantitative estimate of drug-likeness (QED) is 0.169. The molecule has 1 aliphatic carbocycles. The summed E-state index contributed by atoms with van der Waals surface area (Å²) in [4.78, 5) is 55.5. The van der Waals surface area contributed by atoms with Crippen LogP contribution in [0.1, 0.15) is 91.5 Å². The fourth-order valence-corrected chi connectivity index (χ4v) is 8.89. The molecule has 6 aromatic rings. The lowest BCUT2D eigenvalue weighted by Crippen LogP contribution is -2.32. The molecule has 9 heteroatoms. The monoisotopic (exact) mass is 740 g/mol. The number of carbonyl (C=O) groups is 4. The Morgan fingerprint density at radius 2 is 0.893 bits per heavy atom. The van der Waals surface area contributed by atoms with Crippen LogP contribution in [0.5, 0.6) is 23.0 Å². The fraction of sp³-hybridized carbons (Fsp3) is 0.149. The molecule has 9 rings (SSSR count). The van der Waals surface area contributed by atoms with Crippen LogP contribution in [0.25, 0.3) is 11.1 Å². The van der Waals surface area contributed by atoms with Gasteiger partial charge in [0, 0.05) is 7.05 Å². The van der Waals surface area contributed by atoms with Crippen LogP contribution in [0.4, 0.5) is 5.69 Å². The van der Waals surface area contributed by atoms with Gasteiger partial charge in [0.1, 0.15) is 23.0 Å². The van der Waals surface area contributed by atoms with Gasteiger partial charge in [-0.3, -0.25) is 24.1 Å². The Morgan fingerprint density at radius 1 is 0.482 bits per heavy atom. The average Bonchev–Trinajstić information content (AvgIpc) is 3.67. The lowest BCUT2D eigenvalue weighted by molar-refractivity contribution is 0.0692. The fourth-order valence-electron chi connectivity index (χ4n) is 8.89. The normalized spacial score (nSPS) is 15.0. The molecule has 0 atom stereocenters. The maximum Gasteiger partial charge on any atom is 0.266 e. The molecule has 56 heavy (non-hydrogen) atoms. The summed E-state index contributed by atoms with van der Waals surface area (Å²) in [7, 11) is 1.42. The van der Waals surface area contributed by atoms with Gasteiger partial charge in [-0.05, 0) is 156 Å². The number of hydrogen-bond acceptors (Lipinski definition) is 7. The van der Waals surface area contributed by atoms with Crippen LogP contribution < -0.4 is 9.64 Å². The van der Waals surface area contributed by atoms with Crippen molar-refractivity contribution in [1.82, 2.24) is 4.90 Å². The molecule has 6 aromatic carbocycles. The van der Waals surface area contributed by atoms with E-state index in [0.717, 1.165) is 49.4 Å². The number of nitrogens with zero attached hydrogens (tertiary/aromatic N) is 2. The van der Waals surface area contributed by atoms with Gasteiger partial charge >= 0.3 is 0 Å². The third-order valence-electron chi connectivity index (χ3n) is 11.8. The number of aryl methyl sites for hydroxylation is 4. The lowest BCUT2D eigenvalue weighted by Gasteiger charge is -2.36. The summed E-state index contributed by atoms with van der Waals surface area (Å²) in [6, 6.07) is 28.3. The van der Waals surface area contributed by atoms with E-state index < -0.39 is 23.1 Å². The van der Waals surface area contributed by atoms with E-state index in [-0.39, 0.29) is 39.8 Å². The van der Waals surface area contributed by atoms with Gasteiger partial charge < -0.3 is 14.9 Å². The molecule has 2 N–H and O–H groups in total. The number of anilines is 1. The number of aromatic hydroxyl groups is 2. The Bertz CT molecular complexity index is 2720. The van der Waals surface area contributed by atoms with Gasteiger partial charge in [0.25, 0.3) is 23.6 Å². The first-order valence-electron chi connectivity index (χ1n) is 18.2. The van der Waals surface area contributed by atoms with Crippen molar-refractivity contribution in [3.63, 3.8) is 0 Å². The predicted molar refractivity (Wildman–Crippen MR) is 211 cm³/mol. The number of fused-ring (bicyclic) bond motifs is 5. The molecule has 0 unspecified atom stereocenters. The molecule has 0 radical (unpaired) electrons. The Labute approximate surface area is 323 Å². The second-order valence-electron chi connectivity index (χ2n) is 15.0. The van der Waals surface area contributed by atoms with Crippen molar-refractivity contribution in [3.8, 4) is 34.1 Å². The summed E-state index contributed by atoms with van der Waals surface area (Å²) in [6.45, 7) is 10.00. The molecular formula is C47H36N2O7. The van der Waals surface area contributed by atoms with Crippen LogP contribution in [-0.4, -0.2) is 45.8 Å². The Morgan fingerprint density at radius 3 is 1.41 bits per heavy atom. The SMILES string of the molecule is Cc1cc(C2(c3cc(C)c(N4C(=O)c5ccc(Oc6ccc7c(c6)C(=O)N(C)C7=O)cc5C4=O)c(C)c3)c3cc(O)ccc3-c3ccc(O)cc32)cc(C)c1C. The summed E-state index contributed by atoms with van der Waals surface area (Å²) < 4.78 is 6.04. The van der Waals surface area contributed by atoms with Crippen molar-refractivity contribution in [2.45, 2.75) is 40.0 Å². The number of imide groups is 2. The summed E-state index contributed by atoms with van der Waals surface area (Å²) in [5, 5.41) is 21.9. The number of ether oxygens (including phenoxy) is 1. The van der Waals surface area contributed by atoms with E-state index in [1.165, 1.54) is 35.7 Å². The zero-order valence-corrected chi connectivity index (χ0v) is 31.6. The number of benzene rings is 6. The Kier molecular flexibility index (Phi) is 7.45. The second kappa shape index (κ2) is 12.0. The molecule has 0 saturated heterocycles. The summed E-state index contributed by atoms with van der Waals surface area (Å²) in [5.74, 6) is -0.969. The minimum Gasteiger partial charge on any atom is -0.508 e. The van der Waals surface area contributed by atoms with Gasteiger partial charge in [-0.1, -0.05) is 36.4 Å². The molecule has 0 saturated carbocycles. The predicted octanol–water partition coefficient (Wildman–Crippen LogP) is 8.82. The topological polar surface area (TPSA) is 124 Å². The van der Waals surface area contributed by atoms with Gasteiger partial charge in [0.2, 0.25) is 0 Å². The van der Waals surface area contributed by atoms with Crippen molar-refractivity contribution >= 4 is 29.3 Å². The molecule has 2 heterocycles. The van der Waals surface area contributed by atoms with E-state index in [1.54, 1.807) is 42.5 Å². The minimum absolute atomic E-state index is 0.109. The summed E-state index contributed by atoms with van der Waals surface area (Å²) in [6.07, 6.45) is 0. The minimum atomic E-state index is -0.974. The molecule has 0 fully saturated rings. The van der Waals surface area contributed by atoms with Crippen molar-refractivity contribution in [3.05, 3.63) is 169 Å². The number of amides is 4. The zero-order valence-electron chi connectivity index (χ0n) is 31.6. The number of phenols is 2. The van der Waals surface area contributed by atoms with E-state index in [1.807, 2.05) is 38.1 Å². The molecule has 0 aromatic heterocycles.